The fourth-order valence-corrected chi connectivity index (χ4v) is 0. The van der Waals surface area contributed by atoms with Gasteiger partial charge in [-0.2, -0.15) is 4.63 Å². The van der Waals surface area contributed by atoms with E-state index in [9.17, 15) is 4.53 Å². The molecule has 0 bridgehead atoms. The van der Waals surface area contributed by atoms with E-state index in [1.54, 1.807) is 0 Å². The first kappa shape index (κ1) is 13.6. The third-order valence-corrected chi connectivity index (χ3v) is 0.311. The van der Waals surface area contributed by atoms with Crippen molar-refractivity contribution in [1.82, 2.24) is 0 Å². The first-order valence-corrected chi connectivity index (χ1v) is 5.46. The maximum atomic E-state index is 10.3. The van der Waals surface area contributed by atoms with Crippen LogP contribution >= 0.6 is 0 Å². The van der Waals surface area contributed by atoms with Crippen LogP contribution in [0, 0.1) is 0 Å². The largest absolute Gasteiger partial charge is 0.703 e. The van der Waals surface area contributed by atoms with Gasteiger partial charge in [-0.15, -0.1) is 0 Å². The van der Waals surface area contributed by atoms with Crippen LogP contribution in [0.2, 0.25) is 0 Å². The van der Waals surface area contributed by atoms with Crippen LogP contribution in [0.1, 0.15) is 0 Å². The Labute approximate surface area is 61.9 Å². The molecule has 0 rings (SSSR count). The van der Waals surface area contributed by atoms with Crippen LogP contribution < -0.4 is 0 Å². The van der Waals surface area contributed by atoms with Crippen molar-refractivity contribution in [3.8, 4) is 0 Å². The molecule has 0 aliphatic heterocycles. The summed E-state index contributed by atoms with van der Waals surface area (Å²) in [6, 6.07) is 0. The summed E-state index contributed by atoms with van der Waals surface area (Å²) in [6.07, 6.45) is 0. The molecule has 0 saturated carbocycles. The molecule has 11 heavy (non-hydrogen) atoms. The van der Waals surface area contributed by atoms with Crippen molar-refractivity contribution in [1.29, 1.82) is 0 Å². The fourth-order valence-electron chi connectivity index (χ4n) is 0. The molecule has 0 amide bonds. The molecular weight excluding hydrogens is 203 g/mol. The maximum Gasteiger partial charge on any atom is 0.703 e. The SMILES string of the molecule is O[Si](O)(O)O.O[Si](O)(O)OF. The van der Waals surface area contributed by atoms with Gasteiger partial charge in [0.1, 0.15) is 0 Å². The number of hydrogen-bond donors (Lipinski definition) is 7. The normalized spacial score (nSPS) is 12.0. The second kappa shape index (κ2) is 4.83. The fraction of sp³-hybridized carbons (Fsp3) is 0. The lowest BCUT2D eigenvalue weighted by atomic mass is 15.5. The van der Waals surface area contributed by atoms with Gasteiger partial charge in [0.25, 0.3) is 0 Å². The molecule has 0 atom stereocenters. The molecule has 0 saturated heterocycles. The Balaban J connectivity index is 0. The zero-order valence-electron chi connectivity index (χ0n) is 4.92. The van der Waals surface area contributed by atoms with E-state index in [4.69, 9.17) is 33.6 Å². The molecule has 0 aromatic heterocycles. The molecule has 0 unspecified atom stereocenters. The second-order valence-electron chi connectivity index (χ2n) is 1.25. The summed E-state index contributed by atoms with van der Waals surface area (Å²) in [6.45, 7) is 0. The number of hydrogen-bond acceptors (Lipinski definition) is 8. The smallest absolute Gasteiger partial charge is 0.368 e. The quantitative estimate of drug-likeness (QED) is 0.215. The van der Waals surface area contributed by atoms with E-state index >= 15 is 0 Å². The molecule has 11 heteroatoms. The van der Waals surface area contributed by atoms with Crippen molar-refractivity contribution in [2.24, 2.45) is 0 Å². The summed E-state index contributed by atoms with van der Waals surface area (Å²) in [7, 11) is -9.41. The van der Waals surface area contributed by atoms with E-state index in [1.165, 1.54) is 0 Å². The Morgan fingerprint density at radius 2 is 0.909 bits per heavy atom. The molecule has 0 heterocycles. The van der Waals surface area contributed by atoms with Gasteiger partial charge in [-0.05, 0) is 0 Å². The van der Waals surface area contributed by atoms with Crippen LogP contribution in [0.5, 0.6) is 0 Å². The lowest BCUT2D eigenvalue weighted by molar-refractivity contribution is -0.111. The van der Waals surface area contributed by atoms with Crippen LogP contribution in [0.25, 0.3) is 0 Å². The molecule has 8 nitrogen and oxygen atoms in total. The third kappa shape index (κ3) is 70.1. The molecule has 0 radical (unpaired) electrons. The van der Waals surface area contributed by atoms with Gasteiger partial charge in [0.2, 0.25) is 0 Å². The first-order chi connectivity index (χ1) is 4.56. The predicted molar refractivity (Wildman–Crippen MR) is 29.2 cm³/mol. The monoisotopic (exact) mass is 210 g/mol. The number of halogens is 1. The summed E-state index contributed by atoms with van der Waals surface area (Å²) in [5.41, 5.74) is 0. The minimum absolute atomic E-state index is 2.24. The summed E-state index contributed by atoms with van der Waals surface area (Å²) in [5.74, 6) is 0. The van der Waals surface area contributed by atoms with Crippen LogP contribution in [0.4, 0.5) is 4.53 Å². The minimum Gasteiger partial charge on any atom is -0.368 e. The number of rotatable bonds is 1. The highest BCUT2D eigenvalue weighted by Gasteiger charge is 2.31. The molecule has 0 aliphatic rings. The predicted octanol–water partition coefficient (Wildman–Crippen LogP) is -4.31. The molecule has 0 fully saturated rings. The zero-order valence-corrected chi connectivity index (χ0v) is 6.92. The third-order valence-electron chi connectivity index (χ3n) is 0.104. The van der Waals surface area contributed by atoms with Gasteiger partial charge in [-0.3, -0.25) is 0 Å². The molecule has 0 spiro atoms. The Morgan fingerprint density at radius 3 is 0.909 bits per heavy atom. The Morgan fingerprint density at radius 1 is 0.818 bits per heavy atom. The Kier molecular flexibility index (Phi) is 5.98. The van der Waals surface area contributed by atoms with Crippen molar-refractivity contribution in [2.75, 3.05) is 0 Å². The van der Waals surface area contributed by atoms with E-state index in [2.05, 4.69) is 4.63 Å². The van der Waals surface area contributed by atoms with Crippen LogP contribution in [-0.4, -0.2) is 51.7 Å². The molecule has 0 aliphatic carbocycles. The zero-order chi connectivity index (χ0) is 9.71. The highest BCUT2D eigenvalue weighted by molar-refractivity contribution is 6.48. The van der Waals surface area contributed by atoms with E-state index in [-0.39, 0.29) is 0 Å². The van der Waals surface area contributed by atoms with Gasteiger partial charge < -0.3 is 33.6 Å². The van der Waals surface area contributed by atoms with Crippen LogP contribution in [0.15, 0.2) is 0 Å². The van der Waals surface area contributed by atoms with E-state index in [0.717, 1.165) is 0 Å². The highest BCUT2D eigenvalue weighted by atomic mass is 28.4. The average molecular weight is 210 g/mol. The van der Waals surface area contributed by atoms with E-state index in [0.29, 0.717) is 0 Å². The summed E-state index contributed by atoms with van der Waals surface area (Å²) in [4.78, 5) is 51.7. The van der Waals surface area contributed by atoms with Gasteiger partial charge in [0, 0.05) is 0 Å². The topological polar surface area (TPSA) is 151 Å². The van der Waals surface area contributed by atoms with E-state index in [1.807, 2.05) is 0 Å². The van der Waals surface area contributed by atoms with Crippen molar-refractivity contribution in [3.63, 3.8) is 0 Å². The summed E-state index contributed by atoms with van der Waals surface area (Å²) in [5, 5.41) is 0. The van der Waals surface area contributed by atoms with Crippen molar-refractivity contribution in [2.45, 2.75) is 0 Å². The van der Waals surface area contributed by atoms with Crippen molar-refractivity contribution in [3.05, 3.63) is 0 Å². The Hall–Kier alpha value is 0.0438. The van der Waals surface area contributed by atoms with Gasteiger partial charge in [-0.1, -0.05) is 4.53 Å². The van der Waals surface area contributed by atoms with Gasteiger partial charge in [0.05, 0.1) is 0 Å². The van der Waals surface area contributed by atoms with Crippen LogP contribution in [0.3, 0.4) is 0 Å². The highest BCUT2D eigenvalue weighted by Crippen LogP contribution is 1.85. The van der Waals surface area contributed by atoms with Crippen molar-refractivity contribution >= 4 is 18.1 Å². The Bertz CT molecular complexity index is 83.2. The molecule has 0 aromatic carbocycles. The van der Waals surface area contributed by atoms with Crippen LogP contribution in [-0.2, 0) is 4.63 Å². The van der Waals surface area contributed by atoms with Gasteiger partial charge in [0.15, 0.2) is 0 Å². The lowest BCUT2D eigenvalue weighted by Gasteiger charge is -1.96. The van der Waals surface area contributed by atoms with Gasteiger partial charge in [-0.25, -0.2) is 0 Å². The molecule has 70 valence electrons. The van der Waals surface area contributed by atoms with Gasteiger partial charge >= 0.3 is 18.1 Å². The second-order valence-corrected chi connectivity index (χ2v) is 3.75. The minimum atomic E-state index is -4.80. The maximum absolute atomic E-state index is 10.3. The standard InChI is InChI=1S/FH3O4Si.H4O4Si/c1-5-6(2,3)4;1-5(2,3)4/h2-4H;1-4H. The summed E-state index contributed by atoms with van der Waals surface area (Å²) >= 11 is 0. The molecule has 0 aromatic rings. The van der Waals surface area contributed by atoms with Crippen molar-refractivity contribution < 1.29 is 42.7 Å². The lowest BCUT2D eigenvalue weighted by Crippen LogP contribution is -2.35. The van der Waals surface area contributed by atoms with E-state index < -0.39 is 18.1 Å². The molecular formula is H7FO8Si2. The first-order valence-electron chi connectivity index (χ1n) is 1.92. The summed E-state index contributed by atoms with van der Waals surface area (Å²) < 4.78 is 12.6. The average Bonchev–Trinajstić information content (AvgIpc) is 1.59. The molecule has 7 N–H and O–H groups in total.